The van der Waals surface area contributed by atoms with Gasteiger partial charge < -0.3 is 23.9 Å². The van der Waals surface area contributed by atoms with Crippen LogP contribution < -0.4 is 9.84 Å². The topological polar surface area (TPSA) is 92.7 Å². The molecule has 0 saturated heterocycles. The summed E-state index contributed by atoms with van der Waals surface area (Å²) in [7, 11) is 5.55. The van der Waals surface area contributed by atoms with Gasteiger partial charge in [-0.15, -0.1) is 0 Å². The van der Waals surface area contributed by atoms with Gasteiger partial charge >= 0.3 is 11.9 Å². The number of rotatable bonds is 7. The zero-order chi connectivity index (χ0) is 17.6. The number of ether oxygens (including phenoxy) is 2. The van der Waals surface area contributed by atoms with E-state index in [9.17, 15) is 19.5 Å². The number of esters is 2. The number of carboxylic acids is 1. The monoisotopic (exact) mass is 323 g/mol. The van der Waals surface area contributed by atoms with Crippen LogP contribution in [0.1, 0.15) is 23.7 Å². The highest BCUT2D eigenvalue weighted by Gasteiger charge is 2.24. The van der Waals surface area contributed by atoms with Crippen LogP contribution in [-0.4, -0.2) is 56.2 Å². The largest absolute Gasteiger partial charge is 0.550 e. The predicted octanol–water partition coefficient (Wildman–Crippen LogP) is -0.0165. The van der Waals surface area contributed by atoms with E-state index in [0.717, 1.165) is 0 Å². The second-order valence-electron chi connectivity index (χ2n) is 6.17. The molecule has 126 valence electrons. The number of likely N-dealkylation sites (N-methyl/N-ethyl adjacent to an activating group) is 1. The van der Waals surface area contributed by atoms with Crippen LogP contribution in [0.25, 0.3) is 0 Å². The van der Waals surface area contributed by atoms with Crippen molar-refractivity contribution in [1.82, 2.24) is 0 Å². The number of quaternary nitrogens is 1. The van der Waals surface area contributed by atoms with E-state index in [4.69, 9.17) is 9.47 Å². The summed E-state index contributed by atoms with van der Waals surface area (Å²) in [4.78, 5) is 34.2. The fourth-order valence-corrected chi connectivity index (χ4v) is 2.03. The number of carbonyl (C=O) groups excluding carboxylic acids is 3. The second-order valence-corrected chi connectivity index (χ2v) is 6.17. The van der Waals surface area contributed by atoms with Crippen molar-refractivity contribution < 1.29 is 33.4 Å². The maximum Gasteiger partial charge on any atom is 0.342 e. The fraction of sp³-hybridized carbons (Fsp3) is 0.438. The van der Waals surface area contributed by atoms with Crippen molar-refractivity contribution in [3.8, 4) is 5.75 Å². The van der Waals surface area contributed by atoms with Crippen LogP contribution in [0.5, 0.6) is 5.75 Å². The molecule has 0 aliphatic heterocycles. The summed E-state index contributed by atoms with van der Waals surface area (Å²) in [5.74, 6) is -2.54. The molecule has 1 unspecified atom stereocenters. The standard InChI is InChI=1S/C16H21NO6/c1-11(18)22-14-8-6-5-7-13(14)16(21)23-12(9-15(19)20)10-17(2,3)4/h5-8,12H,9-10H2,1-4H3. The Morgan fingerprint density at radius 1 is 1.17 bits per heavy atom. The van der Waals surface area contributed by atoms with Gasteiger partial charge in [-0.05, 0) is 12.1 Å². The van der Waals surface area contributed by atoms with Gasteiger partial charge in [-0.2, -0.15) is 0 Å². The molecule has 0 fully saturated rings. The Bertz CT molecular complexity index is 590. The average Bonchev–Trinajstić information content (AvgIpc) is 2.35. The lowest BCUT2D eigenvalue weighted by Crippen LogP contribution is -2.45. The Morgan fingerprint density at radius 2 is 1.78 bits per heavy atom. The van der Waals surface area contributed by atoms with E-state index in [1.807, 2.05) is 21.1 Å². The van der Waals surface area contributed by atoms with E-state index in [-0.39, 0.29) is 11.3 Å². The van der Waals surface area contributed by atoms with Crippen LogP contribution in [0.15, 0.2) is 24.3 Å². The van der Waals surface area contributed by atoms with Crippen LogP contribution >= 0.6 is 0 Å². The van der Waals surface area contributed by atoms with Crippen molar-refractivity contribution in [3.63, 3.8) is 0 Å². The Balaban J connectivity index is 2.94. The minimum atomic E-state index is -1.30. The zero-order valence-electron chi connectivity index (χ0n) is 13.7. The van der Waals surface area contributed by atoms with Gasteiger partial charge in [0.1, 0.15) is 17.9 Å². The Labute approximate surface area is 135 Å². The molecular weight excluding hydrogens is 302 g/mol. The molecule has 0 N–H and O–H groups in total. The molecule has 1 rings (SSSR count). The van der Waals surface area contributed by atoms with E-state index in [1.165, 1.54) is 19.1 Å². The third kappa shape index (κ3) is 6.92. The third-order valence-electron chi connectivity index (χ3n) is 2.78. The average molecular weight is 323 g/mol. The van der Waals surface area contributed by atoms with Crippen molar-refractivity contribution in [2.24, 2.45) is 0 Å². The highest BCUT2D eigenvalue weighted by atomic mass is 16.6. The van der Waals surface area contributed by atoms with E-state index in [0.29, 0.717) is 11.0 Å². The van der Waals surface area contributed by atoms with Crippen molar-refractivity contribution in [2.75, 3.05) is 27.7 Å². The first-order chi connectivity index (χ1) is 10.6. The number of hydrogen-bond donors (Lipinski definition) is 0. The molecule has 0 radical (unpaired) electrons. The van der Waals surface area contributed by atoms with Gasteiger partial charge in [0.15, 0.2) is 6.10 Å². The smallest absolute Gasteiger partial charge is 0.342 e. The lowest BCUT2D eigenvalue weighted by Gasteiger charge is -2.29. The highest BCUT2D eigenvalue weighted by Crippen LogP contribution is 2.20. The van der Waals surface area contributed by atoms with E-state index < -0.39 is 30.4 Å². The summed E-state index contributed by atoms with van der Waals surface area (Å²) in [5, 5.41) is 10.8. The molecule has 7 nitrogen and oxygen atoms in total. The number of carboxylic acid groups (broad SMARTS) is 1. The van der Waals surface area contributed by atoms with Crippen molar-refractivity contribution >= 4 is 17.9 Å². The van der Waals surface area contributed by atoms with Crippen molar-refractivity contribution in [2.45, 2.75) is 19.4 Å². The molecule has 1 atom stereocenters. The number of aliphatic carboxylic acids is 1. The number of nitrogens with zero attached hydrogens (tertiary/aromatic N) is 1. The van der Waals surface area contributed by atoms with Crippen LogP contribution in [0.4, 0.5) is 0 Å². The Morgan fingerprint density at radius 3 is 2.30 bits per heavy atom. The lowest BCUT2D eigenvalue weighted by molar-refractivity contribution is -0.873. The molecule has 1 aromatic carbocycles. The van der Waals surface area contributed by atoms with Gasteiger partial charge in [-0.1, -0.05) is 12.1 Å². The summed E-state index contributed by atoms with van der Waals surface area (Å²) in [5.41, 5.74) is 0.0625. The Kier molecular flexibility index (Phi) is 6.27. The van der Waals surface area contributed by atoms with E-state index in [2.05, 4.69) is 0 Å². The molecule has 0 saturated carbocycles. The van der Waals surface area contributed by atoms with Crippen LogP contribution in [0.3, 0.4) is 0 Å². The Hall–Kier alpha value is -2.41. The SMILES string of the molecule is CC(=O)Oc1ccccc1C(=O)OC(CC(=O)[O-])C[N+](C)(C)C. The normalized spacial score (nSPS) is 12.3. The molecule has 1 aromatic rings. The van der Waals surface area contributed by atoms with Crippen molar-refractivity contribution in [1.29, 1.82) is 0 Å². The molecule has 0 aliphatic rings. The van der Waals surface area contributed by atoms with Crippen LogP contribution in [0, 0.1) is 0 Å². The molecule has 0 spiro atoms. The lowest BCUT2D eigenvalue weighted by atomic mass is 10.2. The molecule has 0 aliphatic carbocycles. The summed E-state index contributed by atoms with van der Waals surface area (Å²) < 4.78 is 10.7. The minimum Gasteiger partial charge on any atom is -0.550 e. The first-order valence-electron chi connectivity index (χ1n) is 7.07. The van der Waals surface area contributed by atoms with E-state index >= 15 is 0 Å². The van der Waals surface area contributed by atoms with Crippen LogP contribution in [-0.2, 0) is 14.3 Å². The van der Waals surface area contributed by atoms with Gasteiger partial charge in [0.05, 0.1) is 21.1 Å². The maximum atomic E-state index is 12.3. The quantitative estimate of drug-likeness (QED) is 0.398. The molecule has 0 aromatic heterocycles. The van der Waals surface area contributed by atoms with Gasteiger partial charge in [0, 0.05) is 19.3 Å². The van der Waals surface area contributed by atoms with Gasteiger partial charge in [-0.3, -0.25) is 4.79 Å². The molecule has 7 heteroatoms. The van der Waals surface area contributed by atoms with Gasteiger partial charge in [0.25, 0.3) is 0 Å². The summed E-state index contributed by atoms with van der Waals surface area (Å²) in [6.07, 6.45) is -1.25. The molecular formula is C16H21NO6. The first-order valence-corrected chi connectivity index (χ1v) is 7.07. The number of benzene rings is 1. The van der Waals surface area contributed by atoms with Crippen molar-refractivity contribution in [3.05, 3.63) is 29.8 Å². The number of carbonyl (C=O) groups is 3. The summed E-state index contributed by atoms with van der Waals surface area (Å²) in [6, 6.07) is 6.12. The minimum absolute atomic E-state index is 0.0625. The van der Waals surface area contributed by atoms with Gasteiger partial charge in [0.2, 0.25) is 0 Å². The molecule has 0 heterocycles. The highest BCUT2D eigenvalue weighted by molar-refractivity contribution is 5.93. The predicted molar refractivity (Wildman–Crippen MR) is 79.5 cm³/mol. The van der Waals surface area contributed by atoms with Crippen LogP contribution in [0.2, 0.25) is 0 Å². The maximum absolute atomic E-state index is 12.3. The summed E-state index contributed by atoms with van der Waals surface area (Å²) in [6.45, 7) is 1.52. The first kappa shape index (κ1) is 18.6. The zero-order valence-corrected chi connectivity index (χ0v) is 13.7. The molecule has 0 amide bonds. The molecule has 23 heavy (non-hydrogen) atoms. The van der Waals surface area contributed by atoms with Gasteiger partial charge in [-0.25, -0.2) is 4.79 Å². The molecule has 0 bridgehead atoms. The number of hydrogen-bond acceptors (Lipinski definition) is 6. The second kappa shape index (κ2) is 7.73. The fourth-order valence-electron chi connectivity index (χ4n) is 2.03. The number of para-hydroxylation sites is 1. The van der Waals surface area contributed by atoms with E-state index in [1.54, 1.807) is 12.1 Å². The third-order valence-corrected chi connectivity index (χ3v) is 2.78. The summed E-state index contributed by atoms with van der Waals surface area (Å²) >= 11 is 0.